The van der Waals surface area contributed by atoms with Crippen molar-refractivity contribution in [3.8, 4) is 0 Å². The Labute approximate surface area is 199 Å². The van der Waals surface area contributed by atoms with Gasteiger partial charge in [-0.2, -0.15) is 4.98 Å². The molecule has 0 bridgehead atoms. The lowest BCUT2D eigenvalue weighted by molar-refractivity contribution is 0.190. The highest BCUT2D eigenvalue weighted by Crippen LogP contribution is 2.36. The smallest absolute Gasteiger partial charge is 0.332 e. The number of hydrogen-bond donors (Lipinski definition) is 2. The Morgan fingerprint density at radius 3 is 2.53 bits per heavy atom. The van der Waals surface area contributed by atoms with Gasteiger partial charge in [0.15, 0.2) is 0 Å². The van der Waals surface area contributed by atoms with Gasteiger partial charge in [-0.05, 0) is 43.3 Å². The van der Waals surface area contributed by atoms with Crippen LogP contribution in [0.3, 0.4) is 0 Å². The molecule has 1 atom stereocenters. The van der Waals surface area contributed by atoms with Crippen molar-refractivity contribution in [3.63, 3.8) is 0 Å². The highest BCUT2D eigenvalue weighted by atomic mass is 35.5. The van der Waals surface area contributed by atoms with Crippen molar-refractivity contribution in [2.45, 2.75) is 13.0 Å². The molecule has 2 N–H and O–H groups in total. The third kappa shape index (κ3) is 5.77. The topological polar surface area (TPSA) is 79.4 Å². The van der Waals surface area contributed by atoms with Crippen LogP contribution in [0.15, 0.2) is 48.7 Å². The van der Waals surface area contributed by atoms with E-state index in [1.54, 1.807) is 13.2 Å². The maximum absolute atomic E-state index is 13.5. The Hall–Kier alpha value is -2.65. The third-order valence-electron chi connectivity index (χ3n) is 4.23. The molecule has 1 unspecified atom stereocenters. The highest BCUT2D eigenvalue weighted by molar-refractivity contribution is 6.49. The Morgan fingerprint density at radius 2 is 1.84 bits per heavy atom. The number of rotatable bonds is 7. The van der Waals surface area contributed by atoms with Crippen molar-refractivity contribution in [2.75, 3.05) is 29.3 Å². The molecule has 1 heterocycles. The molecule has 168 valence electrons. The standard InChI is InChI=1S/C21H19Cl3FN5O2/c1-12(11-32-2)27-20-26-10-9-17(29-20)30(14-5-3-13(25)4-6-14)21(31)28-16-8-7-15(22)18(23)19(16)24/h3-10,12H,11H2,1-2H3,(H,28,31)(H,26,27,29). The second-order valence-corrected chi connectivity index (χ2v) is 7.87. The van der Waals surface area contributed by atoms with E-state index in [1.165, 1.54) is 47.5 Å². The summed E-state index contributed by atoms with van der Waals surface area (Å²) in [4.78, 5) is 23.1. The molecule has 2 aromatic carbocycles. The number of methoxy groups -OCH3 is 1. The zero-order valence-corrected chi connectivity index (χ0v) is 19.3. The van der Waals surface area contributed by atoms with Crippen molar-refractivity contribution in [1.82, 2.24) is 9.97 Å². The summed E-state index contributed by atoms with van der Waals surface area (Å²) < 4.78 is 18.6. The van der Waals surface area contributed by atoms with Crippen molar-refractivity contribution in [2.24, 2.45) is 0 Å². The first kappa shape index (κ1) is 24.0. The molecule has 0 saturated carbocycles. The highest BCUT2D eigenvalue weighted by Gasteiger charge is 2.22. The summed E-state index contributed by atoms with van der Waals surface area (Å²) in [6, 6.07) is 9.29. The summed E-state index contributed by atoms with van der Waals surface area (Å²) in [6.45, 7) is 2.34. The fourth-order valence-electron chi connectivity index (χ4n) is 2.79. The monoisotopic (exact) mass is 497 g/mol. The molecule has 7 nitrogen and oxygen atoms in total. The summed E-state index contributed by atoms with van der Waals surface area (Å²) in [5.41, 5.74) is 0.619. The van der Waals surface area contributed by atoms with Crippen LogP contribution < -0.4 is 15.5 Å². The van der Waals surface area contributed by atoms with E-state index in [1.807, 2.05) is 6.92 Å². The number of aromatic nitrogens is 2. The van der Waals surface area contributed by atoms with E-state index in [2.05, 4.69) is 20.6 Å². The summed E-state index contributed by atoms with van der Waals surface area (Å²) in [5.74, 6) is 0.0898. The van der Waals surface area contributed by atoms with E-state index in [9.17, 15) is 9.18 Å². The number of nitrogens with one attached hydrogen (secondary N) is 2. The van der Waals surface area contributed by atoms with Gasteiger partial charge < -0.3 is 15.4 Å². The van der Waals surface area contributed by atoms with E-state index < -0.39 is 11.8 Å². The minimum Gasteiger partial charge on any atom is -0.383 e. The largest absolute Gasteiger partial charge is 0.383 e. The van der Waals surface area contributed by atoms with Crippen molar-refractivity contribution in [1.29, 1.82) is 0 Å². The zero-order valence-electron chi connectivity index (χ0n) is 17.1. The zero-order chi connectivity index (χ0) is 23.3. The van der Waals surface area contributed by atoms with Gasteiger partial charge in [-0.1, -0.05) is 34.8 Å². The molecule has 32 heavy (non-hydrogen) atoms. The molecular formula is C21H19Cl3FN5O2. The maximum Gasteiger partial charge on any atom is 0.332 e. The number of benzene rings is 2. The molecule has 3 aromatic rings. The van der Waals surface area contributed by atoms with Gasteiger partial charge in [0.25, 0.3) is 0 Å². The number of ether oxygens (including phenoxy) is 1. The molecule has 0 fully saturated rings. The van der Waals surface area contributed by atoms with Gasteiger partial charge in [-0.3, -0.25) is 0 Å². The summed E-state index contributed by atoms with van der Waals surface area (Å²) in [7, 11) is 1.59. The summed E-state index contributed by atoms with van der Waals surface area (Å²) in [6.07, 6.45) is 1.50. The minimum absolute atomic E-state index is 0.0710. The molecule has 0 aliphatic carbocycles. The first-order valence-electron chi connectivity index (χ1n) is 9.39. The lowest BCUT2D eigenvalue weighted by Crippen LogP contribution is -2.32. The van der Waals surface area contributed by atoms with Crippen LogP contribution in [0, 0.1) is 5.82 Å². The Balaban J connectivity index is 1.97. The molecule has 3 rings (SSSR count). The predicted molar refractivity (Wildman–Crippen MR) is 126 cm³/mol. The van der Waals surface area contributed by atoms with Crippen LogP contribution in [0.4, 0.5) is 32.3 Å². The lowest BCUT2D eigenvalue weighted by Gasteiger charge is -2.23. The number of carbonyl (C=O) groups is 1. The third-order valence-corrected chi connectivity index (χ3v) is 5.52. The van der Waals surface area contributed by atoms with Gasteiger partial charge in [0, 0.05) is 25.4 Å². The van der Waals surface area contributed by atoms with Crippen LogP contribution in [0.2, 0.25) is 15.1 Å². The van der Waals surface area contributed by atoms with E-state index in [4.69, 9.17) is 39.5 Å². The maximum atomic E-state index is 13.5. The van der Waals surface area contributed by atoms with E-state index in [0.717, 1.165) is 0 Å². The molecule has 11 heteroatoms. The fourth-order valence-corrected chi connectivity index (χ4v) is 3.38. The second-order valence-electron chi connectivity index (χ2n) is 6.70. The van der Waals surface area contributed by atoms with Crippen molar-refractivity contribution < 1.29 is 13.9 Å². The molecule has 0 saturated heterocycles. The molecule has 0 spiro atoms. The lowest BCUT2D eigenvalue weighted by atomic mass is 10.2. The first-order valence-corrected chi connectivity index (χ1v) is 10.5. The minimum atomic E-state index is -0.605. The van der Waals surface area contributed by atoms with Gasteiger partial charge in [-0.25, -0.2) is 19.1 Å². The van der Waals surface area contributed by atoms with Crippen molar-refractivity contribution >= 4 is 64.0 Å². The second kappa shape index (κ2) is 10.8. The van der Waals surface area contributed by atoms with Gasteiger partial charge in [-0.15, -0.1) is 0 Å². The summed E-state index contributed by atoms with van der Waals surface area (Å²) in [5, 5.41) is 6.23. The average molecular weight is 499 g/mol. The van der Waals surface area contributed by atoms with Crippen LogP contribution in [-0.4, -0.2) is 35.8 Å². The van der Waals surface area contributed by atoms with Crippen molar-refractivity contribution in [3.05, 3.63) is 69.5 Å². The number of carbonyl (C=O) groups excluding carboxylic acids is 1. The first-order chi connectivity index (χ1) is 15.3. The van der Waals surface area contributed by atoms with Gasteiger partial charge in [0.05, 0.1) is 33.0 Å². The van der Waals surface area contributed by atoms with Crippen LogP contribution >= 0.6 is 34.8 Å². The van der Waals surface area contributed by atoms with E-state index in [-0.39, 0.29) is 32.6 Å². The number of urea groups is 1. The van der Waals surface area contributed by atoms with Crippen LogP contribution in [0.25, 0.3) is 0 Å². The van der Waals surface area contributed by atoms with Gasteiger partial charge in [0.1, 0.15) is 11.6 Å². The number of anilines is 4. The van der Waals surface area contributed by atoms with Crippen LogP contribution in [0.5, 0.6) is 0 Å². The molecular weight excluding hydrogens is 480 g/mol. The van der Waals surface area contributed by atoms with Gasteiger partial charge >= 0.3 is 6.03 Å². The predicted octanol–water partition coefficient (Wildman–Crippen LogP) is 6.39. The Morgan fingerprint density at radius 1 is 1.12 bits per heavy atom. The van der Waals surface area contributed by atoms with Gasteiger partial charge in [0.2, 0.25) is 5.95 Å². The van der Waals surface area contributed by atoms with E-state index in [0.29, 0.717) is 18.2 Å². The van der Waals surface area contributed by atoms with Crippen LogP contribution in [-0.2, 0) is 4.74 Å². The molecule has 2 amide bonds. The number of halogens is 4. The average Bonchev–Trinajstić information content (AvgIpc) is 2.76. The number of hydrogen-bond acceptors (Lipinski definition) is 5. The van der Waals surface area contributed by atoms with Crippen LogP contribution in [0.1, 0.15) is 6.92 Å². The SMILES string of the molecule is COCC(C)Nc1nccc(N(C(=O)Nc2ccc(Cl)c(Cl)c2Cl)c2ccc(F)cc2)n1. The Bertz CT molecular complexity index is 1100. The number of amides is 2. The molecule has 0 radical (unpaired) electrons. The summed E-state index contributed by atoms with van der Waals surface area (Å²) >= 11 is 18.3. The quantitative estimate of drug-likeness (QED) is 0.369. The molecule has 0 aliphatic rings. The number of nitrogens with zero attached hydrogens (tertiary/aromatic N) is 3. The normalized spacial score (nSPS) is 11.7. The fraction of sp³-hybridized carbons (Fsp3) is 0.190. The molecule has 0 aliphatic heterocycles. The molecule has 1 aromatic heterocycles. The Kier molecular flexibility index (Phi) is 8.09. The van der Waals surface area contributed by atoms with E-state index >= 15 is 0 Å².